The molecule has 0 atom stereocenters. The minimum absolute atomic E-state index is 0.114. The smallest absolute Gasteiger partial charge is 0.135 e. The molecule has 0 unspecified atom stereocenters. The third kappa shape index (κ3) is 3.54. The Labute approximate surface area is 93.5 Å². The standard InChI is InChI=1S/C12H11FN2O/c1-2-9-16-15-12(7-8-14)10-3-5-11(13)6-4-10/h2-6H,1,7,9H2/b15-12-. The molecule has 1 aromatic carbocycles. The summed E-state index contributed by atoms with van der Waals surface area (Å²) >= 11 is 0. The van der Waals surface area contributed by atoms with Gasteiger partial charge in [-0.2, -0.15) is 5.26 Å². The third-order valence-corrected chi connectivity index (χ3v) is 1.79. The van der Waals surface area contributed by atoms with Gasteiger partial charge in [-0.15, -0.1) is 0 Å². The highest BCUT2D eigenvalue weighted by atomic mass is 19.1. The molecule has 0 aliphatic heterocycles. The first-order chi connectivity index (χ1) is 7.77. The minimum Gasteiger partial charge on any atom is -0.391 e. The van der Waals surface area contributed by atoms with Crippen LogP contribution in [0.1, 0.15) is 12.0 Å². The van der Waals surface area contributed by atoms with Crippen molar-refractivity contribution in [2.75, 3.05) is 6.61 Å². The van der Waals surface area contributed by atoms with Crippen LogP contribution in [0, 0.1) is 17.1 Å². The summed E-state index contributed by atoms with van der Waals surface area (Å²) in [4.78, 5) is 4.91. The Hall–Kier alpha value is -2.15. The molecule has 3 nitrogen and oxygen atoms in total. The zero-order chi connectivity index (χ0) is 11.8. The maximum absolute atomic E-state index is 12.7. The fourth-order valence-electron chi connectivity index (χ4n) is 1.07. The van der Waals surface area contributed by atoms with Gasteiger partial charge < -0.3 is 4.84 Å². The van der Waals surface area contributed by atoms with Crippen LogP contribution in [0.5, 0.6) is 0 Å². The predicted octanol–water partition coefficient (Wildman–Crippen LogP) is 2.65. The van der Waals surface area contributed by atoms with Gasteiger partial charge in [-0.1, -0.05) is 29.9 Å². The van der Waals surface area contributed by atoms with Crippen molar-refractivity contribution < 1.29 is 9.23 Å². The normalized spacial score (nSPS) is 10.6. The lowest BCUT2D eigenvalue weighted by Gasteiger charge is -2.02. The summed E-state index contributed by atoms with van der Waals surface area (Å²) in [5.74, 6) is -0.327. The molecule has 0 heterocycles. The average molecular weight is 218 g/mol. The van der Waals surface area contributed by atoms with Crippen LogP contribution in [0.3, 0.4) is 0 Å². The Bertz CT molecular complexity index is 418. The van der Waals surface area contributed by atoms with Gasteiger partial charge in [-0.25, -0.2) is 4.39 Å². The van der Waals surface area contributed by atoms with Crippen molar-refractivity contribution in [3.8, 4) is 6.07 Å². The van der Waals surface area contributed by atoms with Crippen LogP contribution in [0.4, 0.5) is 4.39 Å². The first-order valence-electron chi connectivity index (χ1n) is 4.70. The monoisotopic (exact) mass is 218 g/mol. The number of halogens is 1. The molecule has 0 aromatic heterocycles. The molecular formula is C12H11FN2O. The van der Waals surface area contributed by atoms with Gasteiger partial charge in [-0.3, -0.25) is 0 Å². The molecule has 4 heteroatoms. The van der Waals surface area contributed by atoms with Gasteiger partial charge >= 0.3 is 0 Å². The van der Waals surface area contributed by atoms with Crippen molar-refractivity contribution in [1.29, 1.82) is 5.26 Å². The Morgan fingerprint density at radius 3 is 2.75 bits per heavy atom. The molecule has 0 fully saturated rings. The van der Waals surface area contributed by atoms with E-state index in [0.717, 1.165) is 0 Å². The first kappa shape index (κ1) is 11.9. The van der Waals surface area contributed by atoms with E-state index >= 15 is 0 Å². The van der Waals surface area contributed by atoms with Crippen LogP contribution in [0.15, 0.2) is 42.1 Å². The zero-order valence-corrected chi connectivity index (χ0v) is 8.69. The topological polar surface area (TPSA) is 45.4 Å². The summed E-state index contributed by atoms with van der Waals surface area (Å²) < 4.78 is 12.7. The maximum atomic E-state index is 12.7. The Morgan fingerprint density at radius 1 is 1.50 bits per heavy atom. The summed E-state index contributed by atoms with van der Waals surface area (Å²) in [6.45, 7) is 3.75. The Balaban J connectivity index is 2.85. The van der Waals surface area contributed by atoms with Crippen molar-refractivity contribution in [1.82, 2.24) is 0 Å². The SMILES string of the molecule is C=CCO/N=C(/CC#N)c1ccc(F)cc1. The number of nitriles is 1. The molecule has 0 aliphatic rings. The number of rotatable bonds is 5. The average Bonchev–Trinajstić information content (AvgIpc) is 2.29. The quantitative estimate of drug-likeness (QED) is 0.330. The fraction of sp³-hybridized carbons (Fsp3) is 0.167. The van der Waals surface area contributed by atoms with Gasteiger partial charge in [0.15, 0.2) is 0 Å². The lowest BCUT2D eigenvalue weighted by atomic mass is 10.1. The summed E-state index contributed by atoms with van der Waals surface area (Å²) in [7, 11) is 0. The molecule has 82 valence electrons. The Kier molecular flexibility index (Phi) is 4.74. The van der Waals surface area contributed by atoms with Gasteiger partial charge in [0.1, 0.15) is 18.1 Å². The second-order valence-corrected chi connectivity index (χ2v) is 2.96. The molecule has 0 saturated heterocycles. The van der Waals surface area contributed by atoms with Gasteiger partial charge in [0, 0.05) is 5.56 Å². The van der Waals surface area contributed by atoms with E-state index < -0.39 is 0 Å². The molecule has 0 aliphatic carbocycles. The van der Waals surface area contributed by atoms with Gasteiger partial charge in [0.2, 0.25) is 0 Å². The van der Waals surface area contributed by atoms with Crippen molar-refractivity contribution in [2.45, 2.75) is 6.42 Å². The molecule has 0 N–H and O–H groups in total. The van der Waals surface area contributed by atoms with Gasteiger partial charge in [0.25, 0.3) is 0 Å². The molecule has 1 rings (SSSR count). The summed E-state index contributed by atoms with van der Waals surface area (Å²) in [5.41, 5.74) is 1.15. The minimum atomic E-state index is -0.327. The van der Waals surface area contributed by atoms with Gasteiger partial charge in [0.05, 0.1) is 12.5 Å². The lowest BCUT2D eigenvalue weighted by Crippen LogP contribution is -2.01. The van der Waals surface area contributed by atoms with Crippen LogP contribution >= 0.6 is 0 Å². The highest BCUT2D eigenvalue weighted by Gasteiger charge is 2.04. The molecular weight excluding hydrogens is 207 g/mol. The lowest BCUT2D eigenvalue weighted by molar-refractivity contribution is 0.174. The molecule has 0 radical (unpaired) electrons. The number of hydrogen-bond donors (Lipinski definition) is 0. The highest BCUT2D eigenvalue weighted by Crippen LogP contribution is 2.07. The zero-order valence-electron chi connectivity index (χ0n) is 8.69. The van der Waals surface area contributed by atoms with Crippen LogP contribution in [-0.4, -0.2) is 12.3 Å². The van der Waals surface area contributed by atoms with Crippen molar-refractivity contribution in [3.05, 3.63) is 48.3 Å². The molecule has 0 bridgehead atoms. The molecule has 0 amide bonds. The Morgan fingerprint density at radius 2 is 2.19 bits per heavy atom. The third-order valence-electron chi connectivity index (χ3n) is 1.79. The van der Waals surface area contributed by atoms with Crippen molar-refractivity contribution in [3.63, 3.8) is 0 Å². The van der Waals surface area contributed by atoms with E-state index in [1.54, 1.807) is 18.2 Å². The van der Waals surface area contributed by atoms with E-state index in [-0.39, 0.29) is 18.8 Å². The summed E-state index contributed by atoms with van der Waals surface area (Å²) in [6, 6.07) is 7.72. The van der Waals surface area contributed by atoms with E-state index in [1.807, 2.05) is 6.07 Å². The second-order valence-electron chi connectivity index (χ2n) is 2.96. The van der Waals surface area contributed by atoms with Gasteiger partial charge in [-0.05, 0) is 12.1 Å². The first-order valence-corrected chi connectivity index (χ1v) is 4.70. The largest absolute Gasteiger partial charge is 0.391 e. The van der Waals surface area contributed by atoms with Crippen molar-refractivity contribution >= 4 is 5.71 Å². The summed E-state index contributed by atoms with van der Waals surface area (Å²) in [5, 5.41) is 12.4. The number of oxime groups is 1. The van der Waals surface area contributed by atoms with E-state index in [4.69, 9.17) is 10.1 Å². The molecule has 0 saturated carbocycles. The van der Waals surface area contributed by atoms with Crippen LogP contribution < -0.4 is 0 Å². The number of nitrogens with zero attached hydrogens (tertiary/aromatic N) is 2. The molecule has 1 aromatic rings. The van der Waals surface area contributed by atoms with Crippen molar-refractivity contribution in [2.24, 2.45) is 5.16 Å². The van der Waals surface area contributed by atoms with E-state index in [0.29, 0.717) is 11.3 Å². The summed E-state index contributed by atoms with van der Waals surface area (Å²) in [6.07, 6.45) is 1.67. The fourth-order valence-corrected chi connectivity index (χ4v) is 1.07. The number of benzene rings is 1. The number of hydrogen-bond acceptors (Lipinski definition) is 3. The second kappa shape index (κ2) is 6.36. The van der Waals surface area contributed by atoms with E-state index in [2.05, 4.69) is 11.7 Å². The highest BCUT2D eigenvalue weighted by molar-refractivity contribution is 6.01. The maximum Gasteiger partial charge on any atom is 0.135 e. The molecule has 0 spiro atoms. The van der Waals surface area contributed by atoms with Crippen LogP contribution in [-0.2, 0) is 4.84 Å². The van der Waals surface area contributed by atoms with Crippen LogP contribution in [0.25, 0.3) is 0 Å². The predicted molar refractivity (Wildman–Crippen MR) is 59.3 cm³/mol. The van der Waals surface area contributed by atoms with E-state index in [1.165, 1.54) is 12.1 Å². The van der Waals surface area contributed by atoms with E-state index in [9.17, 15) is 4.39 Å². The molecule has 16 heavy (non-hydrogen) atoms. The van der Waals surface area contributed by atoms with Crippen LogP contribution in [0.2, 0.25) is 0 Å².